The zero-order valence-corrected chi connectivity index (χ0v) is 10.7. The lowest BCUT2D eigenvalue weighted by atomic mass is 9.98. The van der Waals surface area contributed by atoms with E-state index < -0.39 is 11.6 Å². The molecule has 0 bridgehead atoms. The van der Waals surface area contributed by atoms with Crippen LogP contribution < -0.4 is 5.32 Å². The van der Waals surface area contributed by atoms with Crippen molar-refractivity contribution in [1.29, 1.82) is 5.26 Å². The van der Waals surface area contributed by atoms with Crippen LogP contribution in [0.1, 0.15) is 32.4 Å². The highest BCUT2D eigenvalue weighted by Crippen LogP contribution is 2.13. The van der Waals surface area contributed by atoms with E-state index in [-0.39, 0.29) is 0 Å². The van der Waals surface area contributed by atoms with Crippen molar-refractivity contribution in [1.82, 2.24) is 15.1 Å². The maximum atomic E-state index is 10.7. The Kier molecular flexibility index (Phi) is 4.72. The number of aryl methyl sites for hydroxylation is 1. The number of hydrogen-bond donors (Lipinski definition) is 2. The van der Waals surface area contributed by atoms with Gasteiger partial charge in [0, 0.05) is 36.8 Å². The first-order valence-corrected chi connectivity index (χ1v) is 5.83. The third-order valence-corrected chi connectivity index (χ3v) is 2.53. The molecule has 0 atom stereocenters. The van der Waals surface area contributed by atoms with Crippen LogP contribution in [0.15, 0.2) is 12.3 Å². The highest BCUT2D eigenvalue weighted by Gasteiger charge is 2.22. The van der Waals surface area contributed by atoms with Crippen LogP contribution in [0.2, 0.25) is 0 Å². The number of unbranched alkanes of at least 4 members (excludes halogenated alkanes) is 1. The van der Waals surface area contributed by atoms with Gasteiger partial charge in [0.15, 0.2) is 0 Å². The molecule has 0 unspecified atom stereocenters. The molecule has 1 heterocycles. The van der Waals surface area contributed by atoms with Crippen molar-refractivity contribution in [3.05, 3.63) is 18.0 Å². The SMILES string of the molecule is CC(C)(Cc1ccnn1CCCC#N)NC(=O)O. The van der Waals surface area contributed by atoms with Crippen molar-refractivity contribution in [2.24, 2.45) is 0 Å². The molecule has 2 N–H and O–H groups in total. The summed E-state index contributed by atoms with van der Waals surface area (Å²) < 4.78 is 1.82. The minimum absolute atomic E-state index is 0.496. The lowest BCUT2D eigenvalue weighted by Crippen LogP contribution is -2.44. The Morgan fingerprint density at radius 3 is 3.00 bits per heavy atom. The maximum absolute atomic E-state index is 10.7. The number of nitriles is 1. The fraction of sp³-hybridized carbons (Fsp3) is 0.583. The predicted octanol–water partition coefficient (Wildman–Crippen LogP) is 1.78. The van der Waals surface area contributed by atoms with Crippen molar-refractivity contribution in [3.8, 4) is 6.07 Å². The van der Waals surface area contributed by atoms with Crippen LogP contribution >= 0.6 is 0 Å². The number of rotatable bonds is 6. The van der Waals surface area contributed by atoms with Crippen LogP contribution in [0.25, 0.3) is 0 Å². The molecule has 6 heteroatoms. The molecule has 0 aliphatic carbocycles. The second-order valence-electron chi connectivity index (χ2n) is 4.80. The van der Waals surface area contributed by atoms with Gasteiger partial charge in [-0.15, -0.1) is 0 Å². The molecule has 1 rings (SSSR count). The Balaban J connectivity index is 2.64. The summed E-state index contributed by atoms with van der Waals surface area (Å²) >= 11 is 0. The summed E-state index contributed by atoms with van der Waals surface area (Å²) in [5.41, 5.74) is 0.422. The second-order valence-corrected chi connectivity index (χ2v) is 4.80. The Hall–Kier alpha value is -2.03. The Labute approximate surface area is 106 Å². The first-order valence-electron chi connectivity index (χ1n) is 5.83. The van der Waals surface area contributed by atoms with E-state index in [1.54, 1.807) is 6.20 Å². The van der Waals surface area contributed by atoms with Gasteiger partial charge in [0.2, 0.25) is 0 Å². The summed E-state index contributed by atoms with van der Waals surface area (Å²) in [5, 5.41) is 23.9. The molecule has 0 spiro atoms. The van der Waals surface area contributed by atoms with Crippen molar-refractivity contribution in [3.63, 3.8) is 0 Å². The molecular formula is C12H18N4O2. The highest BCUT2D eigenvalue weighted by molar-refractivity contribution is 5.65. The fourth-order valence-electron chi connectivity index (χ4n) is 1.81. The minimum Gasteiger partial charge on any atom is -0.465 e. The topological polar surface area (TPSA) is 90.9 Å². The van der Waals surface area contributed by atoms with Gasteiger partial charge in [0.1, 0.15) is 0 Å². The third-order valence-electron chi connectivity index (χ3n) is 2.53. The normalized spacial score (nSPS) is 10.9. The Bertz CT molecular complexity index is 445. The molecule has 0 saturated carbocycles. The molecule has 98 valence electrons. The molecule has 18 heavy (non-hydrogen) atoms. The van der Waals surface area contributed by atoms with Gasteiger partial charge in [-0.05, 0) is 26.3 Å². The van der Waals surface area contributed by atoms with E-state index in [2.05, 4.69) is 16.5 Å². The van der Waals surface area contributed by atoms with Gasteiger partial charge in [-0.3, -0.25) is 4.68 Å². The van der Waals surface area contributed by atoms with Crippen molar-refractivity contribution >= 4 is 6.09 Å². The lowest BCUT2D eigenvalue weighted by molar-refractivity contribution is 0.181. The molecule has 1 aromatic heterocycles. The first-order chi connectivity index (χ1) is 8.44. The summed E-state index contributed by atoms with van der Waals surface area (Å²) in [6.07, 6.45) is 2.47. The number of nitrogens with one attached hydrogen (secondary N) is 1. The minimum atomic E-state index is -1.03. The summed E-state index contributed by atoms with van der Waals surface area (Å²) in [6.45, 7) is 4.33. The molecule has 0 aliphatic heterocycles. The largest absolute Gasteiger partial charge is 0.465 e. The van der Waals surface area contributed by atoms with E-state index in [1.165, 1.54) is 0 Å². The molecule has 6 nitrogen and oxygen atoms in total. The molecule has 0 aliphatic rings. The summed E-state index contributed by atoms with van der Waals surface area (Å²) in [6, 6.07) is 3.97. The molecular weight excluding hydrogens is 232 g/mol. The molecule has 0 radical (unpaired) electrons. The lowest BCUT2D eigenvalue weighted by Gasteiger charge is -2.24. The van der Waals surface area contributed by atoms with Gasteiger partial charge < -0.3 is 10.4 Å². The number of carboxylic acid groups (broad SMARTS) is 1. The summed E-state index contributed by atoms with van der Waals surface area (Å²) in [7, 11) is 0. The zero-order chi connectivity index (χ0) is 13.6. The maximum Gasteiger partial charge on any atom is 0.405 e. The van der Waals surface area contributed by atoms with Crippen molar-refractivity contribution in [2.45, 2.75) is 45.2 Å². The van der Waals surface area contributed by atoms with Gasteiger partial charge in [0.25, 0.3) is 0 Å². The van der Waals surface area contributed by atoms with E-state index in [4.69, 9.17) is 10.4 Å². The zero-order valence-electron chi connectivity index (χ0n) is 10.7. The van der Waals surface area contributed by atoms with Crippen molar-refractivity contribution < 1.29 is 9.90 Å². The first kappa shape index (κ1) is 14.0. The average molecular weight is 250 g/mol. The van der Waals surface area contributed by atoms with Gasteiger partial charge in [-0.2, -0.15) is 10.4 Å². The van der Waals surface area contributed by atoms with Gasteiger partial charge >= 0.3 is 6.09 Å². The van der Waals surface area contributed by atoms with Crippen LogP contribution in [0.4, 0.5) is 4.79 Å². The average Bonchev–Trinajstić information content (AvgIpc) is 2.63. The number of amides is 1. The predicted molar refractivity (Wildman–Crippen MR) is 66.0 cm³/mol. The van der Waals surface area contributed by atoms with Gasteiger partial charge in [0.05, 0.1) is 6.07 Å². The number of aromatic nitrogens is 2. The smallest absolute Gasteiger partial charge is 0.405 e. The van der Waals surface area contributed by atoms with Crippen LogP contribution in [-0.2, 0) is 13.0 Å². The van der Waals surface area contributed by atoms with E-state index >= 15 is 0 Å². The Morgan fingerprint density at radius 1 is 1.67 bits per heavy atom. The monoisotopic (exact) mass is 250 g/mol. The number of carbonyl (C=O) groups is 1. The quantitative estimate of drug-likeness (QED) is 0.753. The molecule has 0 fully saturated rings. The van der Waals surface area contributed by atoms with E-state index in [0.717, 1.165) is 12.1 Å². The van der Waals surface area contributed by atoms with E-state index in [0.29, 0.717) is 19.4 Å². The Morgan fingerprint density at radius 2 is 2.39 bits per heavy atom. The number of nitrogens with zero attached hydrogens (tertiary/aromatic N) is 3. The van der Waals surface area contributed by atoms with Crippen LogP contribution in [-0.4, -0.2) is 26.5 Å². The molecule has 0 saturated heterocycles. The van der Waals surface area contributed by atoms with Crippen LogP contribution in [0, 0.1) is 11.3 Å². The molecule has 1 aromatic rings. The third kappa shape index (κ3) is 4.45. The van der Waals surface area contributed by atoms with Gasteiger partial charge in [-0.25, -0.2) is 4.79 Å². The fourth-order valence-corrected chi connectivity index (χ4v) is 1.81. The van der Waals surface area contributed by atoms with Crippen LogP contribution in [0.5, 0.6) is 0 Å². The highest BCUT2D eigenvalue weighted by atomic mass is 16.4. The van der Waals surface area contributed by atoms with Gasteiger partial charge in [-0.1, -0.05) is 0 Å². The van der Waals surface area contributed by atoms with Crippen LogP contribution in [0.3, 0.4) is 0 Å². The van der Waals surface area contributed by atoms with E-state index in [9.17, 15) is 4.79 Å². The molecule has 0 aromatic carbocycles. The standard InChI is InChI=1S/C12H18N4O2/c1-12(2,15-11(17)18)9-10-5-7-14-16(10)8-4-3-6-13/h5,7,15H,3-4,8-9H2,1-2H3,(H,17,18). The molecule has 1 amide bonds. The number of hydrogen-bond acceptors (Lipinski definition) is 3. The second kappa shape index (κ2) is 6.05. The summed E-state index contributed by atoms with van der Waals surface area (Å²) in [5.74, 6) is 0. The van der Waals surface area contributed by atoms with E-state index in [1.807, 2.05) is 24.6 Å². The summed E-state index contributed by atoms with van der Waals surface area (Å²) in [4.78, 5) is 10.7. The van der Waals surface area contributed by atoms with Crippen molar-refractivity contribution in [2.75, 3.05) is 0 Å².